The van der Waals surface area contributed by atoms with Crippen molar-refractivity contribution in [1.82, 2.24) is 0 Å². The number of furan rings is 1. The van der Waals surface area contributed by atoms with E-state index in [1.807, 2.05) is 32.1 Å². The summed E-state index contributed by atoms with van der Waals surface area (Å²) < 4.78 is 5.01. The van der Waals surface area contributed by atoms with Crippen molar-refractivity contribution in [3.05, 3.63) is 35.8 Å². The third-order valence-electron chi connectivity index (χ3n) is 1.08. The van der Waals surface area contributed by atoms with Crippen LogP contribution in [-0.4, -0.2) is 0 Å². The molecule has 0 saturated heterocycles. The van der Waals surface area contributed by atoms with Gasteiger partial charge in [-0.1, -0.05) is 11.5 Å². The lowest BCUT2D eigenvalue weighted by molar-refractivity contribution is 0.554. The van der Waals surface area contributed by atoms with Crippen LogP contribution in [0.1, 0.15) is 19.6 Å². The molecule has 0 spiro atoms. The van der Waals surface area contributed by atoms with E-state index in [2.05, 4.69) is 11.8 Å². The Kier molecular flexibility index (Phi) is 2.57. The number of hydrogen-bond acceptors (Lipinski definition) is 1. The summed E-state index contributed by atoms with van der Waals surface area (Å²) in [6, 6.07) is 3.67. The molecule has 0 unspecified atom stereocenters. The lowest BCUT2D eigenvalue weighted by Gasteiger charge is -1.77. The molecule has 56 valence electrons. The summed E-state index contributed by atoms with van der Waals surface area (Å²) in [6.07, 6.45) is 3.48. The van der Waals surface area contributed by atoms with E-state index in [-0.39, 0.29) is 0 Å². The van der Waals surface area contributed by atoms with Gasteiger partial charge >= 0.3 is 0 Å². The summed E-state index contributed by atoms with van der Waals surface area (Å²) in [6.45, 7) is 4.02. The maximum atomic E-state index is 5.01. The molecule has 0 amide bonds. The summed E-state index contributed by atoms with van der Waals surface area (Å²) in [5.74, 6) is 6.46. The van der Waals surface area contributed by atoms with Crippen molar-refractivity contribution in [2.45, 2.75) is 13.8 Å². The summed E-state index contributed by atoms with van der Waals surface area (Å²) in [5, 5.41) is 0. The van der Waals surface area contributed by atoms with E-state index in [4.69, 9.17) is 4.42 Å². The molecule has 0 radical (unpaired) electrons. The van der Waals surface area contributed by atoms with Gasteiger partial charge in [0.1, 0.15) is 0 Å². The molecule has 0 bridgehead atoms. The molecule has 1 rings (SSSR count). The molecule has 1 nitrogen and oxygen atoms in total. The van der Waals surface area contributed by atoms with Crippen LogP contribution in [0.2, 0.25) is 0 Å². The molecule has 1 heteroatoms. The molecule has 0 saturated carbocycles. The van der Waals surface area contributed by atoms with Crippen LogP contribution in [0.3, 0.4) is 0 Å². The van der Waals surface area contributed by atoms with Crippen LogP contribution in [0, 0.1) is 11.8 Å². The highest BCUT2D eigenvalue weighted by atomic mass is 16.3. The zero-order valence-electron chi connectivity index (χ0n) is 6.72. The molecule has 0 aliphatic carbocycles. The van der Waals surface area contributed by atoms with Crippen molar-refractivity contribution in [2.24, 2.45) is 0 Å². The van der Waals surface area contributed by atoms with E-state index in [0.29, 0.717) is 5.76 Å². The average Bonchev–Trinajstić information content (AvgIpc) is 2.39. The smallest absolute Gasteiger partial charge is 0.176 e. The van der Waals surface area contributed by atoms with Crippen LogP contribution in [0.5, 0.6) is 0 Å². The Morgan fingerprint density at radius 1 is 1.55 bits per heavy atom. The van der Waals surface area contributed by atoms with Gasteiger partial charge in [-0.25, -0.2) is 0 Å². The molecular formula is C10H10O. The lowest BCUT2D eigenvalue weighted by atomic mass is 10.3. The van der Waals surface area contributed by atoms with Gasteiger partial charge in [0.25, 0.3) is 0 Å². The number of allylic oxidation sites excluding steroid dienone is 2. The van der Waals surface area contributed by atoms with E-state index >= 15 is 0 Å². The second-order valence-corrected chi connectivity index (χ2v) is 2.47. The topological polar surface area (TPSA) is 13.1 Å². The Labute approximate surface area is 66.7 Å². The first-order valence-electron chi connectivity index (χ1n) is 3.47. The van der Waals surface area contributed by atoms with Crippen LogP contribution in [0.25, 0.3) is 0 Å². The first-order valence-corrected chi connectivity index (χ1v) is 3.47. The van der Waals surface area contributed by atoms with E-state index in [0.717, 1.165) is 0 Å². The summed E-state index contributed by atoms with van der Waals surface area (Å²) in [5.41, 5.74) is 1.20. The quantitative estimate of drug-likeness (QED) is 0.513. The van der Waals surface area contributed by atoms with E-state index in [1.165, 1.54) is 5.57 Å². The van der Waals surface area contributed by atoms with Crippen LogP contribution < -0.4 is 0 Å². The number of rotatable bonds is 0. The fraction of sp³-hybridized carbons (Fsp3) is 0.200. The second-order valence-electron chi connectivity index (χ2n) is 2.47. The molecule has 0 N–H and O–H groups in total. The summed E-state index contributed by atoms with van der Waals surface area (Å²) in [4.78, 5) is 0. The van der Waals surface area contributed by atoms with Crippen molar-refractivity contribution in [2.75, 3.05) is 0 Å². The molecule has 0 fully saturated rings. The predicted octanol–water partition coefficient (Wildman–Crippen LogP) is 2.60. The molecule has 0 aromatic carbocycles. The van der Waals surface area contributed by atoms with Crippen LogP contribution in [0.15, 0.2) is 34.5 Å². The van der Waals surface area contributed by atoms with Crippen molar-refractivity contribution in [3.8, 4) is 11.8 Å². The summed E-state index contributed by atoms with van der Waals surface area (Å²) in [7, 11) is 0. The fourth-order valence-corrected chi connectivity index (χ4v) is 0.601. The molecular weight excluding hydrogens is 136 g/mol. The van der Waals surface area contributed by atoms with Gasteiger partial charge in [-0.15, -0.1) is 0 Å². The maximum absolute atomic E-state index is 5.01. The standard InChI is InChI=1S/C10H10O/c1-9(2)5-3-6-10-7-4-8-11-10/h4-5,7-8H,1-2H3. The SMILES string of the molecule is CC(C)=CC#Cc1ccco1. The molecule has 1 aromatic heterocycles. The molecule has 11 heavy (non-hydrogen) atoms. The summed E-state index contributed by atoms with van der Waals surface area (Å²) >= 11 is 0. The Balaban J connectivity index is 2.67. The van der Waals surface area contributed by atoms with Gasteiger partial charge in [0, 0.05) is 0 Å². The van der Waals surface area contributed by atoms with Gasteiger partial charge in [-0.3, -0.25) is 0 Å². The molecule has 0 atom stereocenters. The number of hydrogen-bond donors (Lipinski definition) is 0. The minimum atomic E-state index is 0.711. The van der Waals surface area contributed by atoms with Crippen LogP contribution >= 0.6 is 0 Å². The predicted molar refractivity (Wildman–Crippen MR) is 45.0 cm³/mol. The first-order chi connectivity index (χ1) is 5.29. The van der Waals surface area contributed by atoms with E-state index in [1.54, 1.807) is 6.26 Å². The molecule has 1 heterocycles. The highest BCUT2D eigenvalue weighted by Crippen LogP contribution is 1.96. The van der Waals surface area contributed by atoms with Crippen molar-refractivity contribution in [3.63, 3.8) is 0 Å². The minimum Gasteiger partial charge on any atom is -0.456 e. The zero-order valence-corrected chi connectivity index (χ0v) is 6.72. The Morgan fingerprint density at radius 3 is 2.91 bits per heavy atom. The lowest BCUT2D eigenvalue weighted by Crippen LogP contribution is -1.63. The van der Waals surface area contributed by atoms with Gasteiger partial charge in [-0.2, -0.15) is 0 Å². The highest BCUT2D eigenvalue weighted by Gasteiger charge is 1.83. The van der Waals surface area contributed by atoms with Gasteiger partial charge < -0.3 is 4.42 Å². The van der Waals surface area contributed by atoms with Crippen molar-refractivity contribution < 1.29 is 4.42 Å². The van der Waals surface area contributed by atoms with Crippen LogP contribution in [-0.2, 0) is 0 Å². The van der Waals surface area contributed by atoms with Gasteiger partial charge in [0.05, 0.1) is 6.26 Å². The van der Waals surface area contributed by atoms with Crippen molar-refractivity contribution >= 4 is 0 Å². The fourth-order valence-electron chi connectivity index (χ4n) is 0.601. The highest BCUT2D eigenvalue weighted by molar-refractivity contribution is 5.30. The van der Waals surface area contributed by atoms with E-state index in [9.17, 15) is 0 Å². The normalized spacial score (nSPS) is 8.18. The van der Waals surface area contributed by atoms with Gasteiger partial charge in [0.2, 0.25) is 0 Å². The van der Waals surface area contributed by atoms with Gasteiger partial charge in [-0.05, 0) is 38.0 Å². The Bertz CT molecular complexity index is 289. The third-order valence-corrected chi connectivity index (χ3v) is 1.08. The van der Waals surface area contributed by atoms with Gasteiger partial charge in [0.15, 0.2) is 5.76 Å². The molecule has 0 aliphatic heterocycles. The third kappa shape index (κ3) is 2.77. The molecule has 1 aromatic rings. The Hall–Kier alpha value is -1.42. The Morgan fingerprint density at radius 2 is 2.36 bits per heavy atom. The van der Waals surface area contributed by atoms with Crippen LogP contribution in [0.4, 0.5) is 0 Å². The maximum Gasteiger partial charge on any atom is 0.176 e. The average molecular weight is 146 g/mol. The molecule has 0 aliphatic rings. The van der Waals surface area contributed by atoms with Crippen molar-refractivity contribution in [1.29, 1.82) is 0 Å². The zero-order chi connectivity index (χ0) is 8.10. The monoisotopic (exact) mass is 146 g/mol. The van der Waals surface area contributed by atoms with E-state index < -0.39 is 0 Å². The minimum absolute atomic E-state index is 0.711. The largest absolute Gasteiger partial charge is 0.456 e. The second kappa shape index (κ2) is 3.68. The first kappa shape index (κ1) is 7.68.